The molecule has 1 N–H and O–H groups in total. The largest absolute Gasteiger partial charge is 0.361 e. The summed E-state index contributed by atoms with van der Waals surface area (Å²) >= 11 is 0. The summed E-state index contributed by atoms with van der Waals surface area (Å²) in [6.07, 6.45) is 7.82. The van der Waals surface area contributed by atoms with Gasteiger partial charge in [0.1, 0.15) is 5.82 Å². The van der Waals surface area contributed by atoms with Crippen molar-refractivity contribution >= 4 is 10.9 Å². The van der Waals surface area contributed by atoms with E-state index < -0.39 is 0 Å². The molecular weight excluding hydrogens is 296 g/mol. The average molecular weight is 318 g/mol. The first-order chi connectivity index (χ1) is 11.8. The highest BCUT2D eigenvalue weighted by atomic mass is 15.1. The van der Waals surface area contributed by atoms with Gasteiger partial charge in [0.15, 0.2) is 0 Å². The minimum atomic E-state index is 0.627. The van der Waals surface area contributed by atoms with Gasteiger partial charge < -0.3 is 4.98 Å². The molecule has 1 fully saturated rings. The SMILES string of the molecule is Cc1cccc2c(CN3CCc4cnc(C5CC5)nc4C3)c[nH]c12. The van der Waals surface area contributed by atoms with Crippen LogP contribution in [0.5, 0.6) is 0 Å². The van der Waals surface area contributed by atoms with Crippen molar-refractivity contribution in [3.8, 4) is 0 Å². The first kappa shape index (κ1) is 14.2. The third-order valence-electron chi connectivity index (χ3n) is 5.39. The van der Waals surface area contributed by atoms with E-state index in [-0.39, 0.29) is 0 Å². The quantitative estimate of drug-likeness (QED) is 0.801. The number of para-hydroxylation sites is 1. The molecule has 0 unspecified atom stereocenters. The molecule has 3 aromatic rings. The van der Waals surface area contributed by atoms with Gasteiger partial charge in [0.25, 0.3) is 0 Å². The number of aromatic amines is 1. The Morgan fingerprint density at radius 3 is 3.08 bits per heavy atom. The smallest absolute Gasteiger partial charge is 0.131 e. The van der Waals surface area contributed by atoms with Crippen LogP contribution in [0.15, 0.2) is 30.6 Å². The summed E-state index contributed by atoms with van der Waals surface area (Å²) < 4.78 is 0. The van der Waals surface area contributed by atoms with Crippen LogP contribution in [-0.4, -0.2) is 26.4 Å². The molecule has 0 atom stereocenters. The van der Waals surface area contributed by atoms with Gasteiger partial charge in [-0.3, -0.25) is 4.90 Å². The fourth-order valence-electron chi connectivity index (χ4n) is 3.78. The Morgan fingerprint density at radius 2 is 2.21 bits per heavy atom. The van der Waals surface area contributed by atoms with E-state index in [9.17, 15) is 0 Å². The van der Waals surface area contributed by atoms with Gasteiger partial charge in [-0.15, -0.1) is 0 Å². The highest BCUT2D eigenvalue weighted by Gasteiger charge is 2.28. The molecule has 4 heteroatoms. The lowest BCUT2D eigenvalue weighted by Gasteiger charge is -2.27. The van der Waals surface area contributed by atoms with E-state index in [4.69, 9.17) is 4.98 Å². The van der Waals surface area contributed by atoms with E-state index in [1.165, 1.54) is 46.1 Å². The molecular formula is C20H22N4. The van der Waals surface area contributed by atoms with Gasteiger partial charge in [0.2, 0.25) is 0 Å². The lowest BCUT2D eigenvalue weighted by atomic mass is 10.0. The molecule has 4 nitrogen and oxygen atoms in total. The Balaban J connectivity index is 1.40. The minimum absolute atomic E-state index is 0.627. The summed E-state index contributed by atoms with van der Waals surface area (Å²) in [6, 6.07) is 6.53. The van der Waals surface area contributed by atoms with Gasteiger partial charge >= 0.3 is 0 Å². The van der Waals surface area contributed by atoms with Crippen molar-refractivity contribution in [1.29, 1.82) is 0 Å². The summed E-state index contributed by atoms with van der Waals surface area (Å²) in [4.78, 5) is 15.4. The van der Waals surface area contributed by atoms with E-state index in [2.05, 4.69) is 52.4 Å². The average Bonchev–Trinajstić information content (AvgIpc) is 3.37. The number of benzene rings is 1. The summed E-state index contributed by atoms with van der Waals surface area (Å²) in [6.45, 7) is 5.16. The highest BCUT2D eigenvalue weighted by molar-refractivity contribution is 5.85. The van der Waals surface area contributed by atoms with Crippen LogP contribution < -0.4 is 0 Å². The molecule has 0 spiro atoms. The number of fused-ring (bicyclic) bond motifs is 2. The van der Waals surface area contributed by atoms with E-state index >= 15 is 0 Å². The molecule has 2 aliphatic rings. The molecule has 0 saturated heterocycles. The van der Waals surface area contributed by atoms with E-state index in [0.29, 0.717) is 5.92 Å². The Bertz CT molecular complexity index is 907. The summed E-state index contributed by atoms with van der Waals surface area (Å²) in [5.74, 6) is 1.69. The Morgan fingerprint density at radius 1 is 1.29 bits per heavy atom. The monoisotopic (exact) mass is 318 g/mol. The summed E-state index contributed by atoms with van der Waals surface area (Å²) in [7, 11) is 0. The molecule has 2 aromatic heterocycles. The predicted molar refractivity (Wildman–Crippen MR) is 94.9 cm³/mol. The van der Waals surface area contributed by atoms with Crippen molar-refractivity contribution < 1.29 is 0 Å². The second kappa shape index (κ2) is 5.42. The molecule has 122 valence electrons. The fraction of sp³-hybridized carbons (Fsp3) is 0.400. The van der Waals surface area contributed by atoms with Gasteiger partial charge in [-0.2, -0.15) is 0 Å². The van der Waals surface area contributed by atoms with Crippen LogP contribution in [0, 0.1) is 6.92 Å². The standard InChI is InChI=1S/C20H22N4/c1-13-3-2-4-17-16(10-21-19(13)17)11-24-8-7-15-9-22-20(14-5-6-14)23-18(15)12-24/h2-4,9-10,14,21H,5-8,11-12H2,1H3. The number of hydrogen-bond donors (Lipinski definition) is 1. The molecule has 24 heavy (non-hydrogen) atoms. The fourth-order valence-corrected chi connectivity index (χ4v) is 3.78. The maximum atomic E-state index is 4.87. The predicted octanol–water partition coefficient (Wildman–Crippen LogP) is 3.70. The van der Waals surface area contributed by atoms with Crippen molar-refractivity contribution in [3.05, 3.63) is 58.8 Å². The van der Waals surface area contributed by atoms with E-state index in [0.717, 1.165) is 31.9 Å². The lowest BCUT2D eigenvalue weighted by molar-refractivity contribution is 0.241. The van der Waals surface area contributed by atoms with Gasteiger partial charge in [0.05, 0.1) is 5.69 Å². The number of nitrogens with one attached hydrogen (secondary N) is 1. The molecule has 1 aliphatic carbocycles. The zero-order valence-corrected chi connectivity index (χ0v) is 14.0. The Labute approximate surface area is 141 Å². The third-order valence-corrected chi connectivity index (χ3v) is 5.39. The zero-order chi connectivity index (χ0) is 16.1. The van der Waals surface area contributed by atoms with Crippen LogP contribution >= 0.6 is 0 Å². The molecule has 5 rings (SSSR count). The number of aromatic nitrogens is 3. The van der Waals surface area contributed by atoms with Crippen LogP contribution in [-0.2, 0) is 19.5 Å². The molecule has 0 radical (unpaired) electrons. The Hall–Kier alpha value is -2.20. The Kier molecular flexibility index (Phi) is 3.20. The van der Waals surface area contributed by atoms with E-state index in [1.807, 2.05) is 0 Å². The van der Waals surface area contributed by atoms with Crippen molar-refractivity contribution in [1.82, 2.24) is 19.9 Å². The molecule has 3 heterocycles. The number of hydrogen-bond acceptors (Lipinski definition) is 3. The molecule has 1 saturated carbocycles. The van der Waals surface area contributed by atoms with Crippen LogP contribution in [0.1, 0.15) is 47.0 Å². The maximum absolute atomic E-state index is 4.87. The van der Waals surface area contributed by atoms with Crippen molar-refractivity contribution in [2.24, 2.45) is 0 Å². The second-order valence-corrected chi connectivity index (χ2v) is 7.25. The second-order valence-electron chi connectivity index (χ2n) is 7.25. The van der Waals surface area contributed by atoms with Crippen LogP contribution in [0.25, 0.3) is 10.9 Å². The van der Waals surface area contributed by atoms with Crippen molar-refractivity contribution in [2.75, 3.05) is 6.54 Å². The van der Waals surface area contributed by atoms with Gasteiger partial charge in [-0.25, -0.2) is 9.97 Å². The summed E-state index contributed by atoms with van der Waals surface area (Å²) in [5, 5.41) is 1.35. The molecule has 0 amide bonds. The first-order valence-corrected chi connectivity index (χ1v) is 8.90. The van der Waals surface area contributed by atoms with Crippen molar-refractivity contribution in [2.45, 2.75) is 45.2 Å². The zero-order valence-electron chi connectivity index (χ0n) is 14.0. The topological polar surface area (TPSA) is 44.8 Å². The van der Waals surface area contributed by atoms with E-state index in [1.54, 1.807) is 0 Å². The maximum Gasteiger partial charge on any atom is 0.131 e. The third kappa shape index (κ3) is 2.42. The lowest BCUT2D eigenvalue weighted by Crippen LogP contribution is -2.31. The summed E-state index contributed by atoms with van der Waals surface area (Å²) in [5.41, 5.74) is 6.54. The van der Waals surface area contributed by atoms with Crippen LogP contribution in [0.3, 0.4) is 0 Å². The molecule has 1 aliphatic heterocycles. The van der Waals surface area contributed by atoms with Gasteiger partial charge in [-0.05, 0) is 42.9 Å². The van der Waals surface area contributed by atoms with Crippen molar-refractivity contribution in [3.63, 3.8) is 0 Å². The number of rotatable bonds is 3. The number of nitrogens with zero attached hydrogens (tertiary/aromatic N) is 3. The van der Waals surface area contributed by atoms with Crippen LogP contribution in [0.4, 0.5) is 0 Å². The molecule has 1 aromatic carbocycles. The minimum Gasteiger partial charge on any atom is -0.361 e. The molecule has 0 bridgehead atoms. The first-order valence-electron chi connectivity index (χ1n) is 8.90. The number of H-pyrrole nitrogens is 1. The van der Waals surface area contributed by atoms with Crippen LogP contribution in [0.2, 0.25) is 0 Å². The normalized spacial score (nSPS) is 18.0. The highest BCUT2D eigenvalue weighted by Crippen LogP contribution is 2.38. The number of aryl methyl sites for hydroxylation is 1. The van der Waals surface area contributed by atoms with Gasteiger partial charge in [-0.1, -0.05) is 18.2 Å². The van der Waals surface area contributed by atoms with Gasteiger partial charge in [0, 0.05) is 48.8 Å².